The van der Waals surface area contributed by atoms with Crippen molar-refractivity contribution in [1.82, 2.24) is 5.32 Å². The predicted octanol–water partition coefficient (Wildman–Crippen LogP) is 4.24. The van der Waals surface area contributed by atoms with Gasteiger partial charge in [-0.3, -0.25) is 0 Å². The van der Waals surface area contributed by atoms with Crippen LogP contribution in [0.2, 0.25) is 0 Å². The van der Waals surface area contributed by atoms with Crippen molar-refractivity contribution in [3.63, 3.8) is 0 Å². The lowest BCUT2D eigenvalue weighted by molar-refractivity contribution is 0.455. The molecule has 1 nitrogen and oxygen atoms in total. The largest absolute Gasteiger partial charge is 0.314 e. The Kier molecular flexibility index (Phi) is 6.96. The molecule has 1 aromatic rings. The monoisotopic (exact) mass is 251 g/mol. The van der Waals surface area contributed by atoms with E-state index in [0.29, 0.717) is 6.04 Å². The van der Waals surface area contributed by atoms with Gasteiger partial charge in [0.25, 0.3) is 0 Å². The minimum Gasteiger partial charge on any atom is -0.314 e. The molecule has 0 bridgehead atoms. The van der Waals surface area contributed by atoms with Gasteiger partial charge in [-0.2, -0.15) is 0 Å². The molecule has 1 atom stereocenters. The maximum Gasteiger partial charge on any atom is 0.123 e. The van der Waals surface area contributed by atoms with Gasteiger partial charge < -0.3 is 5.32 Å². The molecule has 18 heavy (non-hydrogen) atoms. The fourth-order valence-electron chi connectivity index (χ4n) is 2.25. The highest BCUT2D eigenvalue weighted by atomic mass is 19.1. The zero-order valence-corrected chi connectivity index (χ0v) is 11.9. The van der Waals surface area contributed by atoms with Gasteiger partial charge >= 0.3 is 0 Å². The minimum absolute atomic E-state index is 0.119. The van der Waals surface area contributed by atoms with E-state index in [4.69, 9.17) is 0 Å². The maximum atomic E-state index is 13.2. The fourth-order valence-corrected chi connectivity index (χ4v) is 2.25. The van der Waals surface area contributed by atoms with Crippen molar-refractivity contribution in [2.45, 2.75) is 58.9 Å². The summed E-state index contributed by atoms with van der Waals surface area (Å²) in [6, 6.07) is 5.70. The van der Waals surface area contributed by atoms with Gasteiger partial charge in [-0.25, -0.2) is 4.39 Å². The molecule has 0 aromatic heterocycles. The van der Waals surface area contributed by atoms with E-state index in [9.17, 15) is 4.39 Å². The van der Waals surface area contributed by atoms with Crippen LogP contribution in [0.15, 0.2) is 18.2 Å². The Morgan fingerprint density at radius 1 is 1.28 bits per heavy atom. The van der Waals surface area contributed by atoms with Gasteiger partial charge in [-0.1, -0.05) is 19.9 Å². The van der Waals surface area contributed by atoms with Crippen LogP contribution in [0, 0.1) is 12.7 Å². The van der Waals surface area contributed by atoms with Gasteiger partial charge in [-0.05, 0) is 68.8 Å². The molecule has 1 unspecified atom stereocenters. The zero-order valence-electron chi connectivity index (χ0n) is 11.9. The Balaban J connectivity index is 2.37. The van der Waals surface area contributed by atoms with Crippen LogP contribution in [0.4, 0.5) is 4.39 Å². The number of benzene rings is 1. The molecular weight excluding hydrogens is 225 g/mol. The third-order valence-electron chi connectivity index (χ3n) is 3.49. The Morgan fingerprint density at radius 3 is 2.72 bits per heavy atom. The summed E-state index contributed by atoms with van der Waals surface area (Å²) in [6.45, 7) is 7.56. The van der Waals surface area contributed by atoms with E-state index in [1.807, 2.05) is 6.07 Å². The van der Waals surface area contributed by atoms with Crippen LogP contribution in [0.5, 0.6) is 0 Å². The van der Waals surface area contributed by atoms with Gasteiger partial charge in [-0.15, -0.1) is 0 Å². The average molecular weight is 251 g/mol. The lowest BCUT2D eigenvalue weighted by Gasteiger charge is -2.16. The van der Waals surface area contributed by atoms with E-state index < -0.39 is 0 Å². The molecule has 0 amide bonds. The highest BCUT2D eigenvalue weighted by molar-refractivity contribution is 5.26. The summed E-state index contributed by atoms with van der Waals surface area (Å²) in [5.74, 6) is -0.119. The molecule has 0 spiro atoms. The Labute approximate surface area is 111 Å². The summed E-state index contributed by atoms with van der Waals surface area (Å²) < 4.78 is 13.2. The molecule has 1 rings (SSSR count). The normalized spacial score (nSPS) is 12.7. The van der Waals surface area contributed by atoms with Crippen molar-refractivity contribution < 1.29 is 4.39 Å². The van der Waals surface area contributed by atoms with Gasteiger partial charge in [0, 0.05) is 6.04 Å². The second-order valence-corrected chi connectivity index (χ2v) is 5.02. The Bertz CT molecular complexity index is 349. The molecule has 0 aliphatic carbocycles. The van der Waals surface area contributed by atoms with Crippen molar-refractivity contribution in [2.24, 2.45) is 0 Å². The fraction of sp³-hybridized carbons (Fsp3) is 0.625. The Hall–Kier alpha value is -0.890. The highest BCUT2D eigenvalue weighted by Crippen LogP contribution is 2.14. The first-order valence-corrected chi connectivity index (χ1v) is 7.15. The van der Waals surface area contributed by atoms with Crippen molar-refractivity contribution in [2.75, 3.05) is 6.54 Å². The summed E-state index contributed by atoms with van der Waals surface area (Å²) in [7, 11) is 0. The number of halogens is 1. The standard InChI is InChI=1S/C16H26FN/c1-4-11-18-16(5-2)8-6-7-14-12-15(17)10-9-13(14)3/h9-10,12,16,18H,4-8,11H2,1-3H3. The van der Waals surface area contributed by atoms with Crippen molar-refractivity contribution in [1.29, 1.82) is 0 Å². The first-order chi connectivity index (χ1) is 8.67. The third-order valence-corrected chi connectivity index (χ3v) is 3.49. The van der Waals surface area contributed by atoms with Crippen molar-refractivity contribution in [3.05, 3.63) is 35.1 Å². The smallest absolute Gasteiger partial charge is 0.123 e. The average Bonchev–Trinajstić information content (AvgIpc) is 2.37. The van der Waals surface area contributed by atoms with Gasteiger partial charge in [0.05, 0.1) is 0 Å². The molecule has 0 fully saturated rings. The van der Waals surface area contributed by atoms with E-state index in [2.05, 4.69) is 26.1 Å². The lowest BCUT2D eigenvalue weighted by Crippen LogP contribution is -2.29. The summed E-state index contributed by atoms with van der Waals surface area (Å²) in [5.41, 5.74) is 2.35. The van der Waals surface area contributed by atoms with E-state index in [1.54, 1.807) is 6.07 Å². The molecule has 0 heterocycles. The molecule has 1 N–H and O–H groups in total. The number of hydrogen-bond donors (Lipinski definition) is 1. The van der Waals surface area contributed by atoms with E-state index in [0.717, 1.165) is 24.9 Å². The number of rotatable bonds is 8. The second kappa shape index (κ2) is 8.25. The van der Waals surface area contributed by atoms with Gasteiger partial charge in [0.15, 0.2) is 0 Å². The molecule has 0 saturated heterocycles. The van der Waals surface area contributed by atoms with E-state index in [1.165, 1.54) is 30.9 Å². The molecular formula is C16H26FN. The third kappa shape index (κ3) is 5.18. The molecule has 2 heteroatoms. The molecule has 1 aromatic carbocycles. The first-order valence-electron chi connectivity index (χ1n) is 7.15. The maximum absolute atomic E-state index is 13.2. The molecule has 102 valence electrons. The van der Waals surface area contributed by atoms with Gasteiger partial charge in [0.1, 0.15) is 5.82 Å². The first kappa shape index (κ1) is 15.2. The lowest BCUT2D eigenvalue weighted by atomic mass is 10.00. The van der Waals surface area contributed by atoms with Crippen LogP contribution >= 0.6 is 0 Å². The highest BCUT2D eigenvalue weighted by Gasteiger charge is 2.06. The van der Waals surface area contributed by atoms with Crippen LogP contribution in [-0.4, -0.2) is 12.6 Å². The number of hydrogen-bond acceptors (Lipinski definition) is 1. The van der Waals surface area contributed by atoms with E-state index >= 15 is 0 Å². The molecule has 0 radical (unpaired) electrons. The second-order valence-electron chi connectivity index (χ2n) is 5.02. The van der Waals surface area contributed by atoms with Gasteiger partial charge in [0.2, 0.25) is 0 Å². The molecule has 0 aliphatic heterocycles. The summed E-state index contributed by atoms with van der Waals surface area (Å²) in [5, 5.41) is 3.56. The topological polar surface area (TPSA) is 12.0 Å². The summed E-state index contributed by atoms with van der Waals surface area (Å²) in [6.07, 6.45) is 5.63. The van der Waals surface area contributed by atoms with Crippen LogP contribution < -0.4 is 5.32 Å². The molecule has 0 saturated carbocycles. The minimum atomic E-state index is -0.119. The number of nitrogens with one attached hydrogen (secondary N) is 1. The SMILES string of the molecule is CCCNC(CC)CCCc1cc(F)ccc1C. The van der Waals surface area contributed by atoms with Crippen molar-refractivity contribution in [3.8, 4) is 0 Å². The zero-order chi connectivity index (χ0) is 13.4. The van der Waals surface area contributed by atoms with Crippen molar-refractivity contribution >= 4 is 0 Å². The summed E-state index contributed by atoms with van der Waals surface area (Å²) in [4.78, 5) is 0. The summed E-state index contributed by atoms with van der Waals surface area (Å²) >= 11 is 0. The number of aryl methyl sites for hydroxylation is 2. The van der Waals surface area contributed by atoms with E-state index in [-0.39, 0.29) is 5.82 Å². The van der Waals surface area contributed by atoms with Crippen LogP contribution in [0.25, 0.3) is 0 Å². The van der Waals surface area contributed by atoms with Crippen LogP contribution in [-0.2, 0) is 6.42 Å². The quantitative estimate of drug-likeness (QED) is 0.729. The Morgan fingerprint density at radius 2 is 2.06 bits per heavy atom. The molecule has 0 aliphatic rings. The van der Waals surface area contributed by atoms with Crippen LogP contribution in [0.3, 0.4) is 0 Å². The van der Waals surface area contributed by atoms with Crippen LogP contribution in [0.1, 0.15) is 50.7 Å². The predicted molar refractivity (Wildman–Crippen MR) is 76.4 cm³/mol.